The maximum atomic E-state index is 11.3. The summed E-state index contributed by atoms with van der Waals surface area (Å²) in [5, 5.41) is 36.6. The molecule has 1 fully saturated rings. The molecule has 0 amide bonds. The highest BCUT2D eigenvalue weighted by atomic mass is 32.2. The van der Waals surface area contributed by atoms with Crippen LogP contribution in [0.5, 0.6) is 0 Å². The smallest absolute Gasteiger partial charge is 0.243 e. The second-order valence-corrected chi connectivity index (χ2v) is 4.79. The van der Waals surface area contributed by atoms with Crippen LogP contribution in [0.3, 0.4) is 0 Å². The quantitative estimate of drug-likeness (QED) is 0.320. The Hall–Kier alpha value is -0.880. The molecule has 0 saturated carbocycles. The van der Waals surface area contributed by atoms with Gasteiger partial charge in [0.05, 0.1) is 0 Å². The number of hydrogen-bond acceptors (Lipinski definition) is 8. The first kappa shape index (κ1) is 15.2. The molecular weight excluding hydrogens is 270 g/mol. The molecule has 0 aromatic carbocycles. The lowest BCUT2D eigenvalue weighted by Gasteiger charge is -2.45. The van der Waals surface area contributed by atoms with Crippen molar-refractivity contribution < 1.29 is 38.4 Å². The van der Waals surface area contributed by atoms with Crippen LogP contribution in [0.1, 0.15) is 6.92 Å². The molecule has 0 aromatic rings. The number of aliphatic hydroxyl groups is 4. The van der Waals surface area contributed by atoms with Crippen molar-refractivity contribution in [1.29, 1.82) is 0 Å². The minimum Gasteiger partial charge on any atom is -0.388 e. The fraction of sp³-hybridized carbons (Fsp3) is 0.750. The highest BCUT2D eigenvalue weighted by molar-refractivity contribution is 7.72. The lowest BCUT2D eigenvalue weighted by Crippen LogP contribution is -2.74. The van der Waals surface area contributed by atoms with Gasteiger partial charge in [-0.25, -0.2) is 0 Å². The van der Waals surface area contributed by atoms with Crippen molar-refractivity contribution >= 4 is 21.1 Å². The van der Waals surface area contributed by atoms with Crippen molar-refractivity contribution in [2.75, 3.05) is 0 Å². The van der Waals surface area contributed by atoms with Crippen LogP contribution in [0.4, 0.5) is 0 Å². The first-order chi connectivity index (χ1) is 8.13. The minimum atomic E-state index is -3.10. The van der Waals surface area contributed by atoms with E-state index in [-0.39, 0.29) is 0 Å². The fourth-order valence-corrected chi connectivity index (χ4v) is 1.99. The molecule has 1 aliphatic heterocycles. The minimum absolute atomic E-state index is 0.872. The molecule has 5 atom stereocenters. The molecule has 104 valence electrons. The largest absolute Gasteiger partial charge is 0.388 e. The monoisotopic (exact) mass is 283 g/mol. The molecule has 1 saturated heterocycles. The number of nitrogens with two attached hydrogens (primary N) is 1. The van der Waals surface area contributed by atoms with E-state index in [1.807, 2.05) is 0 Å². The Morgan fingerprint density at radius 2 is 1.83 bits per heavy atom. The maximum absolute atomic E-state index is 11.3. The number of rotatable bonds is 2. The standard InChI is InChI=1S/C8H13NO8S/c1-2(10)8(9)5(12)3(11)4(17-7(8)14)6(13)18(15)16/h3-5,7,11-14H,9H2,1H3/t3-,4+,5+,7?,8-/m1/s1. The van der Waals surface area contributed by atoms with Gasteiger partial charge in [-0.2, -0.15) is 8.42 Å². The summed E-state index contributed by atoms with van der Waals surface area (Å²) < 4.78 is 25.6. The van der Waals surface area contributed by atoms with Crippen LogP contribution in [0.2, 0.25) is 0 Å². The number of Topliss-reactive ketones (excluding diaryl/α,β-unsaturated/α-hetero) is 1. The SMILES string of the molecule is CC(=O)[C@]1(N)C(O)O[C@H](C(O)=S(=O)=O)[C@@H](O)[C@@H]1O. The van der Waals surface area contributed by atoms with E-state index in [2.05, 4.69) is 4.74 Å². The summed E-state index contributed by atoms with van der Waals surface area (Å²) in [4.78, 5) is 11.3. The second kappa shape index (κ2) is 5.01. The Morgan fingerprint density at radius 1 is 1.33 bits per heavy atom. The van der Waals surface area contributed by atoms with Crippen molar-refractivity contribution in [2.45, 2.75) is 37.1 Å². The third kappa shape index (κ3) is 2.19. The topological polar surface area (TPSA) is 167 Å². The summed E-state index contributed by atoms with van der Waals surface area (Å²) in [5.41, 5.74) is 3.13. The number of aliphatic hydroxyl groups excluding tert-OH is 4. The van der Waals surface area contributed by atoms with E-state index >= 15 is 0 Å². The summed E-state index contributed by atoms with van der Waals surface area (Å²) in [6.07, 6.45) is -7.97. The molecule has 1 rings (SSSR count). The molecule has 0 aliphatic carbocycles. The van der Waals surface area contributed by atoms with Crippen molar-refractivity contribution in [3.8, 4) is 0 Å². The van der Waals surface area contributed by atoms with Gasteiger partial charge >= 0.3 is 0 Å². The zero-order chi connectivity index (χ0) is 14.2. The molecular formula is C8H13NO8S. The molecule has 1 unspecified atom stereocenters. The molecule has 9 nitrogen and oxygen atoms in total. The summed E-state index contributed by atoms with van der Waals surface area (Å²) in [6.45, 7) is 0.957. The lowest BCUT2D eigenvalue weighted by atomic mass is 9.81. The van der Waals surface area contributed by atoms with Gasteiger partial charge in [0.1, 0.15) is 12.2 Å². The van der Waals surface area contributed by atoms with Crippen LogP contribution in [-0.4, -0.2) is 69.8 Å². The van der Waals surface area contributed by atoms with Gasteiger partial charge in [-0.15, -0.1) is 0 Å². The zero-order valence-corrected chi connectivity index (χ0v) is 10.0. The van der Waals surface area contributed by atoms with Gasteiger partial charge in [0.2, 0.25) is 15.3 Å². The van der Waals surface area contributed by atoms with E-state index in [1.165, 1.54) is 0 Å². The summed E-state index contributed by atoms with van der Waals surface area (Å²) >= 11 is 0. The summed E-state index contributed by atoms with van der Waals surface area (Å²) in [6, 6.07) is 0. The Morgan fingerprint density at radius 3 is 2.22 bits per heavy atom. The van der Waals surface area contributed by atoms with Crippen LogP contribution in [0.25, 0.3) is 0 Å². The van der Waals surface area contributed by atoms with Gasteiger partial charge in [0, 0.05) is 0 Å². The van der Waals surface area contributed by atoms with E-state index < -0.39 is 51.3 Å². The summed E-state index contributed by atoms with van der Waals surface area (Å²) in [5.74, 6) is -0.872. The molecule has 6 N–H and O–H groups in total. The molecule has 0 radical (unpaired) electrons. The number of carbonyl (C=O) groups excluding carboxylic acids is 1. The normalized spacial score (nSPS) is 40.3. The second-order valence-electron chi connectivity index (χ2n) is 3.91. The molecule has 1 heterocycles. The Labute approximate surface area is 103 Å². The van der Waals surface area contributed by atoms with Crippen molar-refractivity contribution in [1.82, 2.24) is 0 Å². The highest BCUT2D eigenvalue weighted by Gasteiger charge is 2.57. The van der Waals surface area contributed by atoms with Crippen LogP contribution in [0, 0.1) is 0 Å². The molecule has 1 aliphatic rings. The van der Waals surface area contributed by atoms with E-state index in [4.69, 9.17) is 10.8 Å². The van der Waals surface area contributed by atoms with Crippen molar-refractivity contribution in [3.63, 3.8) is 0 Å². The fourth-order valence-electron chi connectivity index (χ4n) is 1.61. The Kier molecular flexibility index (Phi) is 4.23. The van der Waals surface area contributed by atoms with Gasteiger partial charge in [0.15, 0.2) is 23.7 Å². The van der Waals surface area contributed by atoms with Gasteiger partial charge in [-0.05, 0) is 6.92 Å². The predicted molar refractivity (Wildman–Crippen MR) is 57.0 cm³/mol. The number of carbonyl (C=O) groups is 1. The Balaban J connectivity index is 3.20. The highest BCUT2D eigenvalue weighted by Crippen LogP contribution is 2.28. The predicted octanol–water partition coefficient (Wildman–Crippen LogP) is -3.72. The molecule has 0 spiro atoms. The first-order valence-electron chi connectivity index (χ1n) is 4.78. The van der Waals surface area contributed by atoms with Gasteiger partial charge < -0.3 is 30.9 Å². The number of ketones is 1. The van der Waals surface area contributed by atoms with Crippen molar-refractivity contribution in [3.05, 3.63) is 0 Å². The zero-order valence-electron chi connectivity index (χ0n) is 9.22. The maximum Gasteiger partial charge on any atom is 0.243 e. The third-order valence-electron chi connectivity index (χ3n) is 2.83. The van der Waals surface area contributed by atoms with Crippen LogP contribution in [-0.2, 0) is 19.8 Å². The van der Waals surface area contributed by atoms with E-state index in [0.29, 0.717) is 0 Å². The number of hydrogen-bond donors (Lipinski definition) is 5. The van der Waals surface area contributed by atoms with Crippen LogP contribution < -0.4 is 5.73 Å². The van der Waals surface area contributed by atoms with Gasteiger partial charge in [0.25, 0.3) is 0 Å². The van der Waals surface area contributed by atoms with E-state index in [0.717, 1.165) is 6.92 Å². The third-order valence-corrected chi connectivity index (χ3v) is 3.40. The first-order valence-corrected chi connectivity index (χ1v) is 5.86. The molecule has 18 heavy (non-hydrogen) atoms. The molecule has 10 heteroatoms. The van der Waals surface area contributed by atoms with Gasteiger partial charge in [-0.3, -0.25) is 4.79 Å². The average Bonchev–Trinajstić information content (AvgIpc) is 2.29. The lowest BCUT2D eigenvalue weighted by molar-refractivity contribution is -0.251. The Bertz CT molecular complexity index is 479. The van der Waals surface area contributed by atoms with Crippen molar-refractivity contribution in [2.24, 2.45) is 5.73 Å². The van der Waals surface area contributed by atoms with E-state index in [1.54, 1.807) is 0 Å². The molecule has 0 bridgehead atoms. The van der Waals surface area contributed by atoms with Gasteiger partial charge in [-0.1, -0.05) is 0 Å². The van der Waals surface area contributed by atoms with Crippen LogP contribution in [0.15, 0.2) is 0 Å². The average molecular weight is 283 g/mol. The molecule has 0 aromatic heterocycles. The van der Waals surface area contributed by atoms with E-state index in [9.17, 15) is 28.5 Å². The van der Waals surface area contributed by atoms with Crippen LogP contribution >= 0.6 is 0 Å². The summed E-state index contributed by atoms with van der Waals surface area (Å²) in [7, 11) is -3.10. The number of ether oxygens (including phenoxy) is 1.